The Morgan fingerprint density at radius 2 is 1.77 bits per heavy atom. The molecule has 0 aliphatic carbocycles. The normalized spacial score (nSPS) is 10.8. The molecule has 10 heteroatoms. The number of ether oxygens (including phenoxy) is 1. The zero-order valence-corrected chi connectivity index (χ0v) is 21.4. The number of nitrogens with zero attached hydrogens (tertiary/aromatic N) is 1. The molecule has 0 aliphatic rings. The van der Waals surface area contributed by atoms with E-state index in [0.29, 0.717) is 9.26 Å². The fourth-order valence-electron chi connectivity index (χ4n) is 3.37. The van der Waals surface area contributed by atoms with Gasteiger partial charge in [0.05, 0.1) is 17.9 Å². The Bertz CT molecular complexity index is 1240. The summed E-state index contributed by atoms with van der Waals surface area (Å²) in [5.41, 5.74) is 5.88. The molecule has 0 aromatic heterocycles. The molecule has 184 valence electrons. The molecule has 0 bridgehead atoms. The third kappa shape index (κ3) is 7.12. The van der Waals surface area contributed by atoms with E-state index in [1.165, 1.54) is 12.1 Å². The maximum absolute atomic E-state index is 14.5. The molecule has 0 radical (unpaired) electrons. The maximum Gasteiger partial charge on any atom is 0.254 e. The zero-order valence-electron chi connectivity index (χ0n) is 19.2. The Labute approximate surface area is 215 Å². The molecule has 7 nitrogen and oxygen atoms in total. The largest absolute Gasteiger partial charge is 0.456 e. The van der Waals surface area contributed by atoms with E-state index < -0.39 is 17.5 Å². The lowest BCUT2D eigenvalue weighted by molar-refractivity contribution is -0.117. The molecule has 3 aromatic carbocycles. The highest BCUT2D eigenvalue weighted by atomic mass is 127. The number of hydrogen-bond donors (Lipinski definition) is 3. The highest BCUT2D eigenvalue weighted by molar-refractivity contribution is 14.1. The number of benzene rings is 3. The molecule has 2 amide bonds. The predicted molar refractivity (Wildman–Crippen MR) is 140 cm³/mol. The molecule has 0 atom stereocenters. The van der Waals surface area contributed by atoms with E-state index in [0.717, 1.165) is 25.2 Å². The van der Waals surface area contributed by atoms with Crippen LogP contribution in [0.2, 0.25) is 0 Å². The van der Waals surface area contributed by atoms with E-state index in [4.69, 9.17) is 10.5 Å². The monoisotopic (exact) mass is 594 g/mol. The molecule has 0 fully saturated rings. The van der Waals surface area contributed by atoms with E-state index in [2.05, 4.69) is 10.6 Å². The minimum Gasteiger partial charge on any atom is -0.456 e. The van der Waals surface area contributed by atoms with Gasteiger partial charge in [0.1, 0.15) is 28.7 Å². The van der Waals surface area contributed by atoms with Crippen LogP contribution in [-0.4, -0.2) is 36.3 Å². The molecular weight excluding hydrogens is 569 g/mol. The van der Waals surface area contributed by atoms with Crippen LogP contribution in [0.5, 0.6) is 11.5 Å². The molecule has 0 saturated carbocycles. The first-order chi connectivity index (χ1) is 16.7. The van der Waals surface area contributed by atoms with Crippen LogP contribution in [0.1, 0.15) is 24.2 Å². The van der Waals surface area contributed by atoms with Crippen LogP contribution >= 0.6 is 22.6 Å². The van der Waals surface area contributed by atoms with Crippen LogP contribution in [-0.2, 0) is 4.79 Å². The second-order valence-electron chi connectivity index (χ2n) is 7.58. The van der Waals surface area contributed by atoms with Crippen molar-refractivity contribution in [3.8, 4) is 11.5 Å². The molecule has 0 unspecified atom stereocenters. The number of nitrogens with two attached hydrogens (primary N) is 1. The molecule has 3 rings (SSSR count). The molecule has 4 N–H and O–H groups in total. The fourth-order valence-corrected chi connectivity index (χ4v) is 3.82. The summed E-state index contributed by atoms with van der Waals surface area (Å²) in [5.74, 6) is -2.30. The van der Waals surface area contributed by atoms with Crippen molar-refractivity contribution < 1.29 is 23.1 Å². The summed E-state index contributed by atoms with van der Waals surface area (Å²) in [6.07, 6.45) is 0. The minimum absolute atomic E-state index is 0.0439. The van der Waals surface area contributed by atoms with E-state index in [1.807, 2.05) is 41.3 Å². The van der Waals surface area contributed by atoms with Crippen molar-refractivity contribution in [2.75, 3.05) is 30.3 Å². The van der Waals surface area contributed by atoms with Crippen LogP contribution in [0.15, 0.2) is 54.6 Å². The topological polar surface area (TPSA) is 96.7 Å². The Kier molecular flexibility index (Phi) is 8.99. The van der Waals surface area contributed by atoms with Crippen molar-refractivity contribution in [2.24, 2.45) is 5.73 Å². The quantitative estimate of drug-likeness (QED) is 0.270. The third-order valence-corrected chi connectivity index (χ3v) is 5.79. The minimum atomic E-state index is -0.892. The lowest BCUT2D eigenvalue weighted by atomic mass is 10.1. The Morgan fingerprint density at radius 3 is 2.43 bits per heavy atom. The van der Waals surface area contributed by atoms with Crippen LogP contribution in [0.4, 0.5) is 25.8 Å². The lowest BCUT2D eigenvalue weighted by Gasteiger charge is -2.18. The van der Waals surface area contributed by atoms with E-state index in [9.17, 15) is 18.4 Å². The number of primary amides is 1. The molecule has 35 heavy (non-hydrogen) atoms. The van der Waals surface area contributed by atoms with Crippen molar-refractivity contribution >= 4 is 51.5 Å². The summed E-state index contributed by atoms with van der Waals surface area (Å²) in [6.45, 7) is 5.65. The smallest absolute Gasteiger partial charge is 0.254 e. The summed E-state index contributed by atoms with van der Waals surface area (Å²) in [6, 6.07) is 12.9. The molecule has 0 aliphatic heterocycles. The maximum atomic E-state index is 14.5. The zero-order chi connectivity index (χ0) is 25.5. The number of anilines is 3. The number of carbonyl (C=O) groups is 2. The van der Waals surface area contributed by atoms with E-state index in [1.54, 1.807) is 30.3 Å². The summed E-state index contributed by atoms with van der Waals surface area (Å²) >= 11 is 1.96. The van der Waals surface area contributed by atoms with Gasteiger partial charge in [-0.25, -0.2) is 8.78 Å². The standard InChI is InChI=1S/C25H25F2IN4O3/c1-3-32(4-2)14-23(33)30-17-6-5-7-18(13-17)35-22-11-15(26)10-21(24(22)25(29)34)31-20-9-8-16(28)12-19(20)27/h5-13,31H,3-4,14H2,1-2H3,(H2,29,34)(H,30,33). The first-order valence-corrected chi connectivity index (χ1v) is 11.9. The number of rotatable bonds is 10. The first-order valence-electron chi connectivity index (χ1n) is 10.9. The van der Waals surface area contributed by atoms with Crippen molar-refractivity contribution in [3.05, 3.63) is 75.4 Å². The second-order valence-corrected chi connectivity index (χ2v) is 8.82. The molecule has 0 spiro atoms. The Morgan fingerprint density at radius 1 is 1.03 bits per heavy atom. The summed E-state index contributed by atoms with van der Waals surface area (Å²) in [5, 5.41) is 5.51. The van der Waals surface area contributed by atoms with Gasteiger partial charge in [0.25, 0.3) is 5.91 Å². The van der Waals surface area contributed by atoms with Crippen molar-refractivity contribution in [1.82, 2.24) is 4.90 Å². The average molecular weight is 594 g/mol. The number of hydrogen-bond acceptors (Lipinski definition) is 5. The third-order valence-electron chi connectivity index (χ3n) is 5.12. The number of halogens is 3. The first kappa shape index (κ1) is 26.4. The summed E-state index contributed by atoms with van der Waals surface area (Å²) in [7, 11) is 0. The van der Waals surface area contributed by atoms with Gasteiger partial charge in [-0.15, -0.1) is 0 Å². The van der Waals surface area contributed by atoms with Gasteiger partial charge in [0.2, 0.25) is 5.91 Å². The number of carbonyl (C=O) groups excluding carboxylic acids is 2. The van der Waals surface area contributed by atoms with Crippen LogP contribution < -0.4 is 21.1 Å². The van der Waals surface area contributed by atoms with Crippen LogP contribution in [0, 0.1) is 15.2 Å². The van der Waals surface area contributed by atoms with Gasteiger partial charge in [-0.1, -0.05) is 19.9 Å². The fraction of sp³-hybridized carbons (Fsp3) is 0.200. The molecule has 3 aromatic rings. The Hall–Kier alpha value is -3.25. The van der Waals surface area contributed by atoms with Gasteiger partial charge in [-0.05, 0) is 72.1 Å². The predicted octanol–water partition coefficient (Wildman–Crippen LogP) is 5.48. The van der Waals surface area contributed by atoms with Gasteiger partial charge in [0, 0.05) is 21.4 Å². The average Bonchev–Trinajstić information content (AvgIpc) is 2.79. The van der Waals surface area contributed by atoms with E-state index >= 15 is 0 Å². The SMILES string of the molecule is CCN(CC)CC(=O)Nc1cccc(Oc2cc(F)cc(Nc3ccc(I)cc3F)c2C(N)=O)c1. The van der Waals surface area contributed by atoms with Crippen molar-refractivity contribution in [2.45, 2.75) is 13.8 Å². The van der Waals surface area contributed by atoms with Gasteiger partial charge in [0.15, 0.2) is 0 Å². The molecule has 0 heterocycles. The van der Waals surface area contributed by atoms with Crippen LogP contribution in [0.25, 0.3) is 0 Å². The van der Waals surface area contributed by atoms with E-state index in [-0.39, 0.29) is 40.9 Å². The highest BCUT2D eigenvalue weighted by Gasteiger charge is 2.20. The van der Waals surface area contributed by atoms with Crippen molar-refractivity contribution in [3.63, 3.8) is 0 Å². The van der Waals surface area contributed by atoms with Gasteiger partial charge in [-0.3, -0.25) is 14.5 Å². The Balaban J connectivity index is 1.88. The number of likely N-dealkylation sites (N-methyl/N-ethyl adjacent to an activating group) is 1. The molecular formula is C25H25F2IN4O3. The lowest BCUT2D eigenvalue weighted by Crippen LogP contribution is -2.32. The number of amides is 2. The van der Waals surface area contributed by atoms with Gasteiger partial charge in [-0.2, -0.15) is 0 Å². The van der Waals surface area contributed by atoms with Crippen molar-refractivity contribution in [1.29, 1.82) is 0 Å². The highest BCUT2D eigenvalue weighted by Crippen LogP contribution is 2.34. The van der Waals surface area contributed by atoms with Gasteiger partial charge >= 0.3 is 0 Å². The number of nitrogens with one attached hydrogen (secondary N) is 2. The van der Waals surface area contributed by atoms with Gasteiger partial charge < -0.3 is 21.1 Å². The summed E-state index contributed by atoms with van der Waals surface area (Å²) in [4.78, 5) is 26.6. The second kappa shape index (κ2) is 11.9. The molecule has 0 saturated heterocycles. The summed E-state index contributed by atoms with van der Waals surface area (Å²) < 4.78 is 35.3. The van der Waals surface area contributed by atoms with Crippen LogP contribution in [0.3, 0.4) is 0 Å².